The van der Waals surface area contributed by atoms with Gasteiger partial charge in [0.2, 0.25) is 5.91 Å². The van der Waals surface area contributed by atoms with Gasteiger partial charge < -0.3 is 20.8 Å². The van der Waals surface area contributed by atoms with Gasteiger partial charge in [-0.2, -0.15) is 0 Å². The first-order valence-electron chi connectivity index (χ1n) is 7.72. The highest BCUT2D eigenvalue weighted by Gasteiger charge is 2.16. The van der Waals surface area contributed by atoms with E-state index in [-0.39, 0.29) is 5.91 Å². The van der Waals surface area contributed by atoms with Crippen molar-refractivity contribution in [1.82, 2.24) is 15.0 Å². The Morgan fingerprint density at radius 3 is 2.80 bits per heavy atom. The van der Waals surface area contributed by atoms with Crippen molar-refractivity contribution in [2.75, 3.05) is 18.2 Å². The number of benzene rings is 1. The Hall–Kier alpha value is -3.35. The van der Waals surface area contributed by atoms with Crippen molar-refractivity contribution in [3.63, 3.8) is 0 Å². The van der Waals surface area contributed by atoms with E-state index in [4.69, 9.17) is 10.5 Å². The highest BCUT2D eigenvalue weighted by Crippen LogP contribution is 2.36. The second-order valence-electron chi connectivity index (χ2n) is 5.62. The topological polar surface area (TPSA) is 106 Å². The first kappa shape index (κ1) is 16.5. The minimum absolute atomic E-state index is 0.200. The first-order valence-corrected chi connectivity index (χ1v) is 7.72. The average Bonchev–Trinajstić information content (AvgIpc) is 2.98. The van der Waals surface area contributed by atoms with Crippen molar-refractivity contribution in [2.45, 2.75) is 13.8 Å². The molecule has 128 valence electrons. The number of anilines is 2. The summed E-state index contributed by atoms with van der Waals surface area (Å²) in [7, 11) is 1.56. The highest BCUT2D eigenvalue weighted by molar-refractivity contribution is 5.94. The zero-order valence-electron chi connectivity index (χ0n) is 14.3. The Morgan fingerprint density at radius 1 is 1.36 bits per heavy atom. The molecule has 1 amide bonds. The standard InChI is InChI=1S/C18H19N5O2/c1-10-17(12-5-4-6-20-9-12)23-18(21-10)13-7-14(19)15(22-11(2)24)8-16(13)25-3/h4-9H,19H2,1-3H3,(H,21,23)(H,22,24). The van der Waals surface area contributed by atoms with E-state index < -0.39 is 0 Å². The third-order valence-electron chi connectivity index (χ3n) is 3.76. The van der Waals surface area contributed by atoms with Crippen LogP contribution in [0, 0.1) is 6.92 Å². The van der Waals surface area contributed by atoms with E-state index in [9.17, 15) is 4.79 Å². The van der Waals surface area contributed by atoms with Gasteiger partial charge in [-0.15, -0.1) is 0 Å². The Bertz CT molecular complexity index is 919. The summed E-state index contributed by atoms with van der Waals surface area (Å²) in [6.07, 6.45) is 3.48. The molecular formula is C18H19N5O2. The molecule has 0 fully saturated rings. The Morgan fingerprint density at radius 2 is 2.16 bits per heavy atom. The maximum absolute atomic E-state index is 11.3. The number of carbonyl (C=O) groups excluding carboxylic acids is 1. The summed E-state index contributed by atoms with van der Waals surface area (Å²) < 4.78 is 5.45. The number of hydrogen-bond acceptors (Lipinski definition) is 5. The van der Waals surface area contributed by atoms with Gasteiger partial charge in [-0.25, -0.2) is 4.98 Å². The van der Waals surface area contributed by atoms with Gasteiger partial charge in [0, 0.05) is 36.6 Å². The number of H-pyrrole nitrogens is 1. The minimum Gasteiger partial charge on any atom is -0.496 e. The molecule has 7 nitrogen and oxygen atoms in total. The molecule has 0 saturated heterocycles. The van der Waals surface area contributed by atoms with Gasteiger partial charge in [-0.1, -0.05) is 0 Å². The molecule has 0 radical (unpaired) electrons. The van der Waals surface area contributed by atoms with E-state index >= 15 is 0 Å². The Labute approximate surface area is 145 Å². The number of carbonyl (C=O) groups is 1. The zero-order chi connectivity index (χ0) is 18.0. The number of methoxy groups -OCH3 is 1. The van der Waals surface area contributed by atoms with Gasteiger partial charge in [0.15, 0.2) is 0 Å². The lowest BCUT2D eigenvalue weighted by Crippen LogP contribution is -2.08. The molecule has 4 N–H and O–H groups in total. The average molecular weight is 337 g/mol. The zero-order valence-corrected chi connectivity index (χ0v) is 14.3. The number of aryl methyl sites for hydroxylation is 1. The van der Waals surface area contributed by atoms with Crippen molar-refractivity contribution in [2.24, 2.45) is 0 Å². The molecule has 3 rings (SSSR count). The second kappa shape index (κ2) is 6.64. The molecule has 0 aliphatic heterocycles. The number of imidazole rings is 1. The number of ether oxygens (including phenoxy) is 1. The predicted molar refractivity (Wildman–Crippen MR) is 97.3 cm³/mol. The summed E-state index contributed by atoms with van der Waals surface area (Å²) >= 11 is 0. The summed E-state index contributed by atoms with van der Waals surface area (Å²) in [5.41, 5.74) is 10.4. The third-order valence-corrected chi connectivity index (χ3v) is 3.76. The maximum Gasteiger partial charge on any atom is 0.221 e. The van der Waals surface area contributed by atoms with Crippen LogP contribution in [0.2, 0.25) is 0 Å². The van der Waals surface area contributed by atoms with E-state index in [1.165, 1.54) is 6.92 Å². The van der Waals surface area contributed by atoms with Crippen LogP contribution in [0.25, 0.3) is 22.6 Å². The number of nitrogens with one attached hydrogen (secondary N) is 2. The Kier molecular flexibility index (Phi) is 4.38. The molecule has 25 heavy (non-hydrogen) atoms. The van der Waals surface area contributed by atoms with E-state index in [1.54, 1.807) is 31.6 Å². The number of aromatic nitrogens is 3. The lowest BCUT2D eigenvalue weighted by atomic mass is 10.1. The molecule has 0 aliphatic rings. The number of aromatic amines is 1. The fourth-order valence-corrected chi connectivity index (χ4v) is 2.62. The van der Waals surface area contributed by atoms with Crippen LogP contribution in [0.1, 0.15) is 12.6 Å². The Balaban J connectivity index is 2.08. The number of nitrogens with two attached hydrogens (primary N) is 1. The lowest BCUT2D eigenvalue weighted by molar-refractivity contribution is -0.114. The summed E-state index contributed by atoms with van der Waals surface area (Å²) in [6.45, 7) is 3.37. The third kappa shape index (κ3) is 3.30. The fourth-order valence-electron chi connectivity index (χ4n) is 2.62. The van der Waals surface area contributed by atoms with Crippen LogP contribution in [-0.2, 0) is 4.79 Å². The van der Waals surface area contributed by atoms with Crippen LogP contribution in [0.5, 0.6) is 5.75 Å². The van der Waals surface area contributed by atoms with Crippen LogP contribution in [0.4, 0.5) is 11.4 Å². The van der Waals surface area contributed by atoms with Gasteiger partial charge in [0.05, 0.1) is 29.7 Å². The first-order chi connectivity index (χ1) is 12.0. The smallest absolute Gasteiger partial charge is 0.221 e. The van der Waals surface area contributed by atoms with Crippen molar-refractivity contribution in [1.29, 1.82) is 0 Å². The van der Waals surface area contributed by atoms with Crippen LogP contribution < -0.4 is 15.8 Å². The van der Waals surface area contributed by atoms with Crippen LogP contribution in [0.3, 0.4) is 0 Å². The number of pyridine rings is 1. The number of rotatable bonds is 4. The molecular weight excluding hydrogens is 318 g/mol. The molecule has 1 aromatic carbocycles. The van der Waals surface area contributed by atoms with Crippen molar-refractivity contribution in [3.8, 4) is 28.4 Å². The number of hydrogen-bond donors (Lipinski definition) is 3. The molecule has 0 aliphatic carbocycles. The number of amides is 1. The normalized spacial score (nSPS) is 10.5. The molecule has 2 aromatic heterocycles. The lowest BCUT2D eigenvalue weighted by Gasteiger charge is -2.12. The van der Waals surface area contributed by atoms with E-state index in [0.717, 1.165) is 17.0 Å². The van der Waals surface area contributed by atoms with Crippen molar-refractivity contribution in [3.05, 3.63) is 42.4 Å². The summed E-state index contributed by atoms with van der Waals surface area (Å²) in [5.74, 6) is 0.993. The predicted octanol–water partition coefficient (Wildman–Crippen LogP) is 3.00. The van der Waals surface area contributed by atoms with Gasteiger partial charge in [-0.05, 0) is 25.1 Å². The van der Waals surface area contributed by atoms with Gasteiger partial charge >= 0.3 is 0 Å². The van der Waals surface area contributed by atoms with Crippen LogP contribution in [-0.4, -0.2) is 28.0 Å². The molecule has 7 heteroatoms. The molecule has 0 atom stereocenters. The van der Waals surface area contributed by atoms with Gasteiger partial charge in [0.25, 0.3) is 0 Å². The number of nitrogen functional groups attached to an aromatic ring is 1. The molecule has 2 heterocycles. The largest absolute Gasteiger partial charge is 0.496 e. The quantitative estimate of drug-likeness (QED) is 0.635. The van der Waals surface area contributed by atoms with E-state index in [2.05, 4.69) is 20.3 Å². The summed E-state index contributed by atoms with van der Waals surface area (Å²) in [5, 5.41) is 2.69. The van der Waals surface area contributed by atoms with E-state index in [0.29, 0.717) is 28.5 Å². The van der Waals surface area contributed by atoms with Gasteiger partial charge in [0.1, 0.15) is 11.6 Å². The number of nitrogens with zero attached hydrogens (tertiary/aromatic N) is 2. The second-order valence-corrected chi connectivity index (χ2v) is 5.62. The van der Waals surface area contributed by atoms with Crippen LogP contribution >= 0.6 is 0 Å². The van der Waals surface area contributed by atoms with Gasteiger partial charge in [-0.3, -0.25) is 9.78 Å². The fraction of sp³-hybridized carbons (Fsp3) is 0.167. The molecule has 0 saturated carbocycles. The van der Waals surface area contributed by atoms with E-state index in [1.807, 2.05) is 19.1 Å². The van der Waals surface area contributed by atoms with Crippen molar-refractivity contribution < 1.29 is 9.53 Å². The molecule has 3 aromatic rings. The molecule has 0 bridgehead atoms. The molecule has 0 unspecified atom stereocenters. The highest BCUT2D eigenvalue weighted by atomic mass is 16.5. The summed E-state index contributed by atoms with van der Waals surface area (Å²) in [4.78, 5) is 23.4. The monoisotopic (exact) mass is 337 g/mol. The minimum atomic E-state index is -0.200. The maximum atomic E-state index is 11.3. The molecule has 0 spiro atoms. The van der Waals surface area contributed by atoms with Crippen LogP contribution in [0.15, 0.2) is 36.7 Å². The SMILES string of the molecule is COc1cc(NC(C)=O)c(N)cc1-c1nc(-c2cccnc2)c(C)[nH]1. The summed E-state index contributed by atoms with van der Waals surface area (Å²) in [6, 6.07) is 7.23. The van der Waals surface area contributed by atoms with Crippen molar-refractivity contribution >= 4 is 17.3 Å².